The van der Waals surface area contributed by atoms with Crippen LogP contribution in [0, 0.1) is 5.82 Å². The van der Waals surface area contributed by atoms with Gasteiger partial charge >= 0.3 is 0 Å². The molecule has 6 nitrogen and oxygen atoms in total. The molecule has 0 amide bonds. The zero-order valence-electron chi connectivity index (χ0n) is 13.5. The van der Waals surface area contributed by atoms with E-state index >= 15 is 0 Å². The summed E-state index contributed by atoms with van der Waals surface area (Å²) in [4.78, 5) is 8.35. The maximum Gasteiger partial charge on any atom is 0.231 e. The monoisotopic (exact) mass is 372 g/mol. The summed E-state index contributed by atoms with van der Waals surface area (Å²) in [5.74, 6) is 2.23. The molecule has 0 bridgehead atoms. The van der Waals surface area contributed by atoms with Crippen molar-refractivity contribution in [3.63, 3.8) is 0 Å². The lowest BCUT2D eigenvalue weighted by Crippen LogP contribution is -2.03. The van der Waals surface area contributed by atoms with Crippen LogP contribution >= 0.6 is 11.6 Å². The molecule has 1 aliphatic heterocycles. The van der Waals surface area contributed by atoms with Gasteiger partial charge in [0.15, 0.2) is 11.5 Å². The van der Waals surface area contributed by atoms with E-state index in [1.165, 1.54) is 18.5 Å². The van der Waals surface area contributed by atoms with Crippen molar-refractivity contribution in [3.05, 3.63) is 65.2 Å². The van der Waals surface area contributed by atoms with Gasteiger partial charge in [-0.25, -0.2) is 14.4 Å². The van der Waals surface area contributed by atoms with E-state index in [4.69, 9.17) is 21.1 Å². The standard InChI is InChI=1S/C18H14ClFN4O2/c19-13-6-12(2-3-14(13)20)24-18-7-17(22-9-23-18)21-8-11-1-4-15-16(5-11)26-10-25-15/h1-7,9H,8,10H2,(H2,21,22,23,24). The average molecular weight is 373 g/mol. The number of hydrogen-bond acceptors (Lipinski definition) is 6. The molecule has 0 radical (unpaired) electrons. The van der Waals surface area contributed by atoms with E-state index in [-0.39, 0.29) is 11.8 Å². The number of anilines is 3. The minimum absolute atomic E-state index is 0.0465. The van der Waals surface area contributed by atoms with E-state index in [1.54, 1.807) is 12.1 Å². The average Bonchev–Trinajstić information content (AvgIpc) is 3.11. The molecule has 0 aliphatic carbocycles. The molecule has 0 unspecified atom stereocenters. The number of nitrogens with zero attached hydrogens (tertiary/aromatic N) is 2. The molecule has 0 atom stereocenters. The number of benzene rings is 2. The molecule has 2 heterocycles. The number of hydrogen-bond donors (Lipinski definition) is 2. The van der Waals surface area contributed by atoms with E-state index in [9.17, 15) is 4.39 Å². The Labute approximate surface area is 154 Å². The van der Waals surface area contributed by atoms with Crippen LogP contribution in [0.3, 0.4) is 0 Å². The topological polar surface area (TPSA) is 68.3 Å². The summed E-state index contributed by atoms with van der Waals surface area (Å²) < 4.78 is 23.9. The minimum Gasteiger partial charge on any atom is -0.454 e. The fraction of sp³-hybridized carbons (Fsp3) is 0.111. The molecule has 1 aliphatic rings. The lowest BCUT2D eigenvalue weighted by molar-refractivity contribution is 0.174. The number of fused-ring (bicyclic) bond motifs is 1. The SMILES string of the molecule is Fc1ccc(Nc2cc(NCc3ccc4c(c3)OCO4)ncn2)cc1Cl. The molecule has 2 aromatic carbocycles. The molecule has 8 heteroatoms. The third-order valence-corrected chi connectivity index (χ3v) is 4.06. The zero-order chi connectivity index (χ0) is 17.9. The number of ether oxygens (including phenoxy) is 2. The summed E-state index contributed by atoms with van der Waals surface area (Å²) in [6.07, 6.45) is 1.44. The number of rotatable bonds is 5. The lowest BCUT2D eigenvalue weighted by Gasteiger charge is -2.09. The molecular weight excluding hydrogens is 359 g/mol. The molecule has 26 heavy (non-hydrogen) atoms. The van der Waals surface area contributed by atoms with Gasteiger partial charge in [-0.1, -0.05) is 17.7 Å². The summed E-state index contributed by atoms with van der Waals surface area (Å²) in [5.41, 5.74) is 1.67. The smallest absolute Gasteiger partial charge is 0.231 e. The Balaban J connectivity index is 1.43. The van der Waals surface area contributed by atoms with Gasteiger partial charge in [-0.15, -0.1) is 0 Å². The van der Waals surface area contributed by atoms with E-state index in [1.807, 2.05) is 18.2 Å². The highest BCUT2D eigenvalue weighted by molar-refractivity contribution is 6.31. The van der Waals surface area contributed by atoms with Gasteiger partial charge in [0, 0.05) is 18.3 Å². The van der Waals surface area contributed by atoms with Crippen molar-refractivity contribution in [1.82, 2.24) is 9.97 Å². The first-order valence-corrected chi connectivity index (χ1v) is 8.22. The Morgan fingerprint density at radius 2 is 1.85 bits per heavy atom. The van der Waals surface area contributed by atoms with Crippen molar-refractivity contribution in [2.45, 2.75) is 6.54 Å². The molecule has 3 aromatic rings. The van der Waals surface area contributed by atoms with Gasteiger partial charge in [0.25, 0.3) is 0 Å². The molecule has 0 saturated carbocycles. The zero-order valence-corrected chi connectivity index (χ0v) is 14.3. The second-order valence-electron chi connectivity index (χ2n) is 5.58. The first kappa shape index (κ1) is 16.4. The van der Waals surface area contributed by atoms with E-state index in [2.05, 4.69) is 20.6 Å². The van der Waals surface area contributed by atoms with Crippen LogP contribution in [0.4, 0.5) is 21.7 Å². The van der Waals surface area contributed by atoms with Crippen LogP contribution < -0.4 is 20.1 Å². The highest BCUT2D eigenvalue weighted by atomic mass is 35.5. The summed E-state index contributed by atoms with van der Waals surface area (Å²) in [5, 5.41) is 6.34. The molecule has 0 fully saturated rings. The molecule has 0 saturated heterocycles. The summed E-state index contributed by atoms with van der Waals surface area (Å²) >= 11 is 5.79. The molecule has 132 valence electrons. The first-order valence-electron chi connectivity index (χ1n) is 7.84. The largest absolute Gasteiger partial charge is 0.454 e. The maximum absolute atomic E-state index is 13.2. The van der Waals surface area contributed by atoms with Crippen LogP contribution in [0.5, 0.6) is 11.5 Å². The summed E-state index contributed by atoms with van der Waals surface area (Å²) in [7, 11) is 0. The molecular formula is C18H14ClFN4O2. The van der Waals surface area contributed by atoms with E-state index in [0.29, 0.717) is 23.9 Å². The van der Waals surface area contributed by atoms with Gasteiger partial charge in [0.05, 0.1) is 5.02 Å². The van der Waals surface area contributed by atoms with E-state index < -0.39 is 5.82 Å². The highest BCUT2D eigenvalue weighted by Gasteiger charge is 2.13. The number of aromatic nitrogens is 2. The second-order valence-corrected chi connectivity index (χ2v) is 5.99. The Morgan fingerprint density at radius 3 is 2.73 bits per heavy atom. The second kappa shape index (κ2) is 7.05. The van der Waals surface area contributed by atoms with Crippen molar-refractivity contribution in [2.24, 2.45) is 0 Å². The Bertz CT molecular complexity index is 954. The third kappa shape index (κ3) is 3.62. The van der Waals surface area contributed by atoms with Crippen molar-refractivity contribution in [3.8, 4) is 11.5 Å². The maximum atomic E-state index is 13.2. The molecule has 4 rings (SSSR count). The Kier molecular flexibility index (Phi) is 4.45. The van der Waals surface area contributed by atoms with Gasteiger partial charge in [0.1, 0.15) is 23.8 Å². The molecule has 1 aromatic heterocycles. The predicted octanol–water partition coefficient (Wildman–Crippen LogP) is 4.35. The normalized spacial score (nSPS) is 12.1. The quantitative estimate of drug-likeness (QED) is 0.693. The Morgan fingerprint density at radius 1 is 1.00 bits per heavy atom. The van der Waals surface area contributed by atoms with Crippen LogP contribution in [0.15, 0.2) is 48.8 Å². The predicted molar refractivity (Wildman–Crippen MR) is 96.6 cm³/mol. The van der Waals surface area contributed by atoms with Gasteiger partial charge in [0.2, 0.25) is 6.79 Å². The molecule has 2 N–H and O–H groups in total. The summed E-state index contributed by atoms with van der Waals surface area (Å²) in [6.45, 7) is 0.816. The van der Waals surface area contributed by atoms with Crippen LogP contribution in [0.1, 0.15) is 5.56 Å². The van der Waals surface area contributed by atoms with Crippen molar-refractivity contribution < 1.29 is 13.9 Å². The minimum atomic E-state index is -0.467. The Hall–Kier alpha value is -3.06. The molecule has 0 spiro atoms. The van der Waals surface area contributed by atoms with Crippen molar-refractivity contribution in [2.75, 3.05) is 17.4 Å². The van der Waals surface area contributed by atoms with Gasteiger partial charge in [-0.05, 0) is 35.9 Å². The fourth-order valence-electron chi connectivity index (χ4n) is 2.49. The van der Waals surface area contributed by atoms with Gasteiger partial charge < -0.3 is 20.1 Å². The first-order chi connectivity index (χ1) is 12.7. The van der Waals surface area contributed by atoms with Gasteiger partial charge in [-0.3, -0.25) is 0 Å². The summed E-state index contributed by atoms with van der Waals surface area (Å²) in [6, 6.07) is 11.9. The number of halogens is 2. The third-order valence-electron chi connectivity index (χ3n) is 3.77. The van der Waals surface area contributed by atoms with Crippen molar-refractivity contribution >= 4 is 28.9 Å². The fourth-order valence-corrected chi connectivity index (χ4v) is 2.67. The van der Waals surface area contributed by atoms with Crippen LogP contribution in [-0.4, -0.2) is 16.8 Å². The highest BCUT2D eigenvalue weighted by Crippen LogP contribution is 2.32. The van der Waals surface area contributed by atoms with Crippen LogP contribution in [0.25, 0.3) is 0 Å². The van der Waals surface area contributed by atoms with Crippen molar-refractivity contribution in [1.29, 1.82) is 0 Å². The lowest BCUT2D eigenvalue weighted by atomic mass is 10.2. The van der Waals surface area contributed by atoms with Crippen LogP contribution in [0.2, 0.25) is 5.02 Å². The van der Waals surface area contributed by atoms with Gasteiger partial charge in [-0.2, -0.15) is 0 Å². The van der Waals surface area contributed by atoms with Crippen LogP contribution in [-0.2, 0) is 6.54 Å². The van der Waals surface area contributed by atoms with E-state index in [0.717, 1.165) is 17.1 Å². The number of nitrogens with one attached hydrogen (secondary N) is 2.